The van der Waals surface area contributed by atoms with Gasteiger partial charge in [-0.25, -0.2) is 5.43 Å². The minimum Gasteiger partial charge on any atom is -0.286 e. The number of amides is 2. The van der Waals surface area contributed by atoms with E-state index in [9.17, 15) is 9.59 Å². The van der Waals surface area contributed by atoms with E-state index in [1.165, 1.54) is 24.8 Å². The number of rotatable bonds is 5. The van der Waals surface area contributed by atoms with Crippen molar-refractivity contribution >= 4 is 18.2 Å². The molecule has 8 nitrogen and oxygen atoms in total. The number of hydrazine groups is 1. The normalized spacial score (nSPS) is 10.1. The lowest BCUT2D eigenvalue weighted by Gasteiger charge is -2.03. The molecule has 0 aliphatic heterocycles. The summed E-state index contributed by atoms with van der Waals surface area (Å²) in [6.45, 7) is 0. The van der Waals surface area contributed by atoms with Crippen LogP contribution in [-0.2, 0) is 0 Å². The second kappa shape index (κ2) is 7.34. The maximum absolute atomic E-state index is 11.6. The zero-order chi connectivity index (χ0) is 14.9. The largest absolute Gasteiger partial charge is 0.286 e. The van der Waals surface area contributed by atoms with Gasteiger partial charge in [0.2, 0.25) is 0 Å². The predicted octanol–water partition coefficient (Wildman–Crippen LogP) is 0.0843. The minimum atomic E-state index is -0.379. The lowest BCUT2D eigenvalue weighted by molar-refractivity contribution is 0.0943. The van der Waals surface area contributed by atoms with Crippen LogP contribution in [0.25, 0.3) is 0 Å². The van der Waals surface area contributed by atoms with E-state index in [4.69, 9.17) is 0 Å². The second-order valence-electron chi connectivity index (χ2n) is 3.77. The first-order valence-electron chi connectivity index (χ1n) is 5.95. The van der Waals surface area contributed by atoms with Gasteiger partial charge in [-0.1, -0.05) is 0 Å². The highest BCUT2D eigenvalue weighted by molar-refractivity contribution is 5.95. The zero-order valence-corrected chi connectivity index (χ0v) is 10.9. The maximum Gasteiger partial charge on any atom is 0.271 e. The van der Waals surface area contributed by atoms with Gasteiger partial charge in [-0.3, -0.25) is 30.4 Å². The van der Waals surface area contributed by atoms with E-state index in [-0.39, 0.29) is 11.8 Å². The molecular weight excluding hydrogens is 272 g/mol. The lowest BCUT2D eigenvalue weighted by atomic mass is 10.3. The van der Waals surface area contributed by atoms with Crippen LogP contribution in [0.15, 0.2) is 54.2 Å². The molecule has 0 bridgehead atoms. The van der Waals surface area contributed by atoms with E-state index in [0.717, 1.165) is 6.34 Å². The van der Waals surface area contributed by atoms with Crippen molar-refractivity contribution in [2.75, 3.05) is 0 Å². The molecule has 0 aromatic carbocycles. The van der Waals surface area contributed by atoms with E-state index in [1.54, 1.807) is 24.3 Å². The highest BCUT2D eigenvalue weighted by atomic mass is 16.2. The monoisotopic (exact) mass is 284 g/mol. The molecule has 3 N–H and O–H groups in total. The van der Waals surface area contributed by atoms with E-state index in [0.29, 0.717) is 11.1 Å². The molecule has 2 heterocycles. The summed E-state index contributed by atoms with van der Waals surface area (Å²) in [4.78, 5) is 30.8. The van der Waals surface area contributed by atoms with Crippen molar-refractivity contribution in [2.45, 2.75) is 0 Å². The van der Waals surface area contributed by atoms with Gasteiger partial charge in [-0.15, -0.1) is 0 Å². The quantitative estimate of drug-likeness (QED) is 0.409. The van der Waals surface area contributed by atoms with Crippen molar-refractivity contribution in [3.8, 4) is 0 Å². The van der Waals surface area contributed by atoms with Crippen molar-refractivity contribution in [1.82, 2.24) is 26.2 Å². The third-order valence-corrected chi connectivity index (χ3v) is 2.37. The smallest absolute Gasteiger partial charge is 0.271 e. The Morgan fingerprint density at radius 2 is 1.43 bits per heavy atom. The SMILES string of the molecule is O=C(N/N=C/NNC(=O)c1ccncc1)c1ccncc1. The van der Waals surface area contributed by atoms with Crippen LogP contribution in [0.5, 0.6) is 0 Å². The fourth-order valence-corrected chi connectivity index (χ4v) is 1.36. The molecule has 0 unspecified atom stereocenters. The number of carbonyl (C=O) groups is 2. The Hall–Kier alpha value is -3.29. The molecule has 21 heavy (non-hydrogen) atoms. The first-order chi connectivity index (χ1) is 10.3. The van der Waals surface area contributed by atoms with Gasteiger partial charge in [0.15, 0.2) is 0 Å². The zero-order valence-electron chi connectivity index (χ0n) is 10.9. The molecule has 2 amide bonds. The summed E-state index contributed by atoms with van der Waals surface area (Å²) >= 11 is 0. The first kappa shape index (κ1) is 14.1. The molecule has 2 aromatic rings. The number of nitrogens with zero attached hydrogens (tertiary/aromatic N) is 3. The van der Waals surface area contributed by atoms with Crippen LogP contribution in [0.1, 0.15) is 20.7 Å². The number of aromatic nitrogens is 2. The fraction of sp³-hybridized carbons (Fsp3) is 0. The van der Waals surface area contributed by atoms with Gasteiger partial charge in [0.1, 0.15) is 6.34 Å². The molecule has 0 radical (unpaired) electrons. The molecule has 0 aliphatic carbocycles. The third kappa shape index (κ3) is 4.39. The number of nitrogens with one attached hydrogen (secondary N) is 3. The van der Waals surface area contributed by atoms with Crippen LogP contribution in [0.3, 0.4) is 0 Å². The number of pyridine rings is 2. The summed E-state index contributed by atoms with van der Waals surface area (Å²) in [5, 5.41) is 3.63. The molecule has 0 aliphatic rings. The first-order valence-corrected chi connectivity index (χ1v) is 5.95. The van der Waals surface area contributed by atoms with Crippen molar-refractivity contribution < 1.29 is 9.59 Å². The average molecular weight is 284 g/mol. The lowest BCUT2D eigenvalue weighted by Crippen LogP contribution is -2.37. The predicted molar refractivity (Wildman–Crippen MR) is 75.0 cm³/mol. The Balaban J connectivity index is 1.74. The van der Waals surface area contributed by atoms with Gasteiger partial charge >= 0.3 is 0 Å². The average Bonchev–Trinajstić information content (AvgIpc) is 2.55. The van der Waals surface area contributed by atoms with Gasteiger partial charge in [-0.2, -0.15) is 5.10 Å². The number of hydrogen-bond acceptors (Lipinski definition) is 5. The Bertz CT molecular complexity index is 630. The minimum absolute atomic E-state index is 0.343. The maximum atomic E-state index is 11.6. The van der Waals surface area contributed by atoms with Gasteiger partial charge in [0, 0.05) is 35.9 Å². The molecule has 0 atom stereocenters. The van der Waals surface area contributed by atoms with Crippen LogP contribution in [0, 0.1) is 0 Å². The van der Waals surface area contributed by atoms with Gasteiger partial charge in [0.25, 0.3) is 11.8 Å². The molecule has 106 valence electrons. The van der Waals surface area contributed by atoms with Crippen LogP contribution >= 0.6 is 0 Å². The number of carbonyl (C=O) groups excluding carboxylic acids is 2. The van der Waals surface area contributed by atoms with E-state index >= 15 is 0 Å². The highest BCUT2D eigenvalue weighted by Gasteiger charge is 2.03. The summed E-state index contributed by atoms with van der Waals surface area (Å²) in [6.07, 6.45) is 7.19. The van der Waals surface area contributed by atoms with Gasteiger partial charge < -0.3 is 0 Å². The van der Waals surface area contributed by atoms with Gasteiger partial charge in [0.05, 0.1) is 0 Å². The van der Waals surface area contributed by atoms with Crippen molar-refractivity contribution in [2.24, 2.45) is 5.10 Å². The summed E-state index contributed by atoms with van der Waals surface area (Å²) in [6, 6.07) is 6.26. The summed E-state index contributed by atoms with van der Waals surface area (Å²) in [5.74, 6) is -0.722. The second-order valence-corrected chi connectivity index (χ2v) is 3.77. The van der Waals surface area contributed by atoms with E-state index < -0.39 is 0 Å². The van der Waals surface area contributed by atoms with Crippen molar-refractivity contribution in [1.29, 1.82) is 0 Å². The fourth-order valence-electron chi connectivity index (χ4n) is 1.36. The molecule has 0 saturated carbocycles. The van der Waals surface area contributed by atoms with Crippen LogP contribution in [-0.4, -0.2) is 28.1 Å². The Morgan fingerprint density at radius 3 is 2.00 bits per heavy atom. The van der Waals surface area contributed by atoms with Crippen LogP contribution in [0.4, 0.5) is 0 Å². The molecule has 8 heteroatoms. The molecule has 2 rings (SSSR count). The summed E-state index contributed by atoms with van der Waals surface area (Å²) < 4.78 is 0. The Kier molecular flexibility index (Phi) is 4.93. The molecule has 0 fully saturated rings. The molecule has 0 spiro atoms. The topological polar surface area (TPSA) is 108 Å². The number of hydrazone groups is 1. The molecular formula is C13H12N6O2. The third-order valence-electron chi connectivity index (χ3n) is 2.37. The highest BCUT2D eigenvalue weighted by Crippen LogP contribution is 1.95. The van der Waals surface area contributed by atoms with Gasteiger partial charge in [-0.05, 0) is 24.3 Å². The van der Waals surface area contributed by atoms with E-state index in [2.05, 4.69) is 31.3 Å². The van der Waals surface area contributed by atoms with Crippen LogP contribution < -0.4 is 16.3 Å². The summed E-state index contributed by atoms with van der Waals surface area (Å²) in [7, 11) is 0. The van der Waals surface area contributed by atoms with Crippen molar-refractivity contribution in [3.63, 3.8) is 0 Å². The standard InChI is InChI=1S/C13H12N6O2/c20-12(10-1-5-14-6-2-10)18-16-9-17-19-13(21)11-3-7-15-8-4-11/h1-9H,(H,16,17)(H,18,20)(H,19,21). The van der Waals surface area contributed by atoms with E-state index in [1.807, 2.05) is 0 Å². The molecule has 2 aromatic heterocycles. The Labute approximate surface area is 120 Å². The van der Waals surface area contributed by atoms with Crippen LogP contribution in [0.2, 0.25) is 0 Å². The van der Waals surface area contributed by atoms with Crippen molar-refractivity contribution in [3.05, 3.63) is 60.2 Å². The number of hydrogen-bond donors (Lipinski definition) is 3. The Morgan fingerprint density at radius 1 is 0.905 bits per heavy atom. The molecule has 0 saturated heterocycles. The summed E-state index contributed by atoms with van der Waals surface area (Å²) in [5.41, 5.74) is 8.01.